The van der Waals surface area contributed by atoms with E-state index >= 15 is 0 Å². The van der Waals surface area contributed by atoms with Gasteiger partial charge in [-0.15, -0.1) is 0 Å². The van der Waals surface area contributed by atoms with Gasteiger partial charge in [-0.3, -0.25) is 4.79 Å². The minimum absolute atomic E-state index is 0.0562. The molecule has 1 aliphatic rings. The zero-order valence-corrected chi connectivity index (χ0v) is 13.4. The Morgan fingerprint density at radius 2 is 1.95 bits per heavy atom. The van der Waals surface area contributed by atoms with Crippen molar-refractivity contribution < 1.29 is 18.0 Å². The standard InChI is InChI=1S/C14H14BrClF3NO/c15-8-5-6-11(16)9(7-8)13(21)20-12-4-2-1-3-10(12)14(17,18)19/h5-7,10,12H,1-4H2,(H,20,21)/t10-,12+/m0/s1. The van der Waals surface area contributed by atoms with Crippen LogP contribution in [-0.2, 0) is 0 Å². The number of carbonyl (C=O) groups excluding carboxylic acids is 1. The first-order valence-electron chi connectivity index (χ1n) is 6.61. The van der Waals surface area contributed by atoms with Gasteiger partial charge in [0.15, 0.2) is 0 Å². The van der Waals surface area contributed by atoms with Gasteiger partial charge in [0.1, 0.15) is 0 Å². The smallest absolute Gasteiger partial charge is 0.349 e. The van der Waals surface area contributed by atoms with Crippen molar-refractivity contribution in [3.63, 3.8) is 0 Å². The van der Waals surface area contributed by atoms with E-state index in [1.807, 2.05) is 0 Å². The van der Waals surface area contributed by atoms with Gasteiger partial charge in [0.05, 0.1) is 16.5 Å². The minimum Gasteiger partial charge on any atom is -0.349 e. The average molecular weight is 385 g/mol. The lowest BCUT2D eigenvalue weighted by molar-refractivity contribution is -0.187. The molecule has 1 saturated carbocycles. The van der Waals surface area contributed by atoms with Gasteiger partial charge in [0.2, 0.25) is 0 Å². The number of halogens is 5. The number of alkyl halides is 3. The topological polar surface area (TPSA) is 29.1 Å². The minimum atomic E-state index is -4.29. The molecule has 0 bridgehead atoms. The first-order chi connectivity index (χ1) is 9.79. The van der Waals surface area contributed by atoms with Gasteiger partial charge in [0.25, 0.3) is 5.91 Å². The highest BCUT2D eigenvalue weighted by Crippen LogP contribution is 2.38. The van der Waals surface area contributed by atoms with Crippen LogP contribution in [0.5, 0.6) is 0 Å². The average Bonchev–Trinajstić information content (AvgIpc) is 2.41. The summed E-state index contributed by atoms with van der Waals surface area (Å²) in [6.45, 7) is 0. The summed E-state index contributed by atoms with van der Waals surface area (Å²) < 4.78 is 39.7. The van der Waals surface area contributed by atoms with E-state index in [-0.39, 0.29) is 17.0 Å². The molecule has 1 N–H and O–H groups in total. The third-order valence-electron chi connectivity index (χ3n) is 3.68. The highest BCUT2D eigenvalue weighted by molar-refractivity contribution is 9.10. The van der Waals surface area contributed by atoms with Crippen molar-refractivity contribution in [1.82, 2.24) is 5.32 Å². The first kappa shape index (κ1) is 16.6. The van der Waals surface area contributed by atoms with E-state index in [0.717, 1.165) is 0 Å². The molecule has 21 heavy (non-hydrogen) atoms. The van der Waals surface area contributed by atoms with Crippen molar-refractivity contribution >= 4 is 33.4 Å². The predicted molar refractivity (Wildman–Crippen MR) is 78.4 cm³/mol. The second kappa shape index (κ2) is 6.57. The van der Waals surface area contributed by atoms with Gasteiger partial charge < -0.3 is 5.32 Å². The van der Waals surface area contributed by atoms with Crippen molar-refractivity contribution in [3.8, 4) is 0 Å². The third-order valence-corrected chi connectivity index (χ3v) is 4.50. The number of benzene rings is 1. The first-order valence-corrected chi connectivity index (χ1v) is 7.79. The summed E-state index contributed by atoms with van der Waals surface area (Å²) in [7, 11) is 0. The predicted octanol–water partition coefficient (Wildman–Crippen LogP) is 4.95. The second-order valence-electron chi connectivity index (χ2n) is 5.14. The second-order valence-corrected chi connectivity index (χ2v) is 6.46. The quantitative estimate of drug-likeness (QED) is 0.768. The molecule has 0 heterocycles. The van der Waals surface area contributed by atoms with Crippen LogP contribution in [0.2, 0.25) is 5.02 Å². The van der Waals surface area contributed by atoms with Crippen LogP contribution in [0, 0.1) is 5.92 Å². The van der Waals surface area contributed by atoms with Crippen LogP contribution in [0.25, 0.3) is 0 Å². The number of rotatable bonds is 2. The van der Waals surface area contributed by atoms with E-state index in [1.165, 1.54) is 12.1 Å². The van der Waals surface area contributed by atoms with Gasteiger partial charge in [-0.25, -0.2) is 0 Å². The molecule has 116 valence electrons. The molecule has 0 spiro atoms. The number of carbonyl (C=O) groups is 1. The maximum absolute atomic E-state index is 13.0. The van der Waals surface area contributed by atoms with Gasteiger partial charge in [-0.05, 0) is 31.0 Å². The molecule has 0 saturated heterocycles. The molecule has 0 aliphatic heterocycles. The van der Waals surface area contributed by atoms with Crippen molar-refractivity contribution in [3.05, 3.63) is 33.3 Å². The molecule has 2 atom stereocenters. The van der Waals surface area contributed by atoms with Crippen LogP contribution in [0.4, 0.5) is 13.2 Å². The normalized spacial score (nSPS) is 22.9. The van der Waals surface area contributed by atoms with Crippen LogP contribution in [0.3, 0.4) is 0 Å². The van der Waals surface area contributed by atoms with Crippen LogP contribution >= 0.6 is 27.5 Å². The van der Waals surface area contributed by atoms with E-state index in [4.69, 9.17) is 11.6 Å². The molecule has 0 radical (unpaired) electrons. The molecule has 1 amide bonds. The molecule has 7 heteroatoms. The van der Waals surface area contributed by atoms with Gasteiger partial charge >= 0.3 is 6.18 Å². The number of amides is 1. The van der Waals surface area contributed by atoms with Crippen LogP contribution in [0.1, 0.15) is 36.0 Å². The summed E-state index contributed by atoms with van der Waals surface area (Å²) in [6.07, 6.45) is -2.68. The summed E-state index contributed by atoms with van der Waals surface area (Å²) in [5.41, 5.74) is 0.178. The molecule has 0 unspecified atom stereocenters. The van der Waals surface area contributed by atoms with E-state index < -0.39 is 24.0 Å². The Bertz CT molecular complexity index is 535. The molecule has 0 aromatic heterocycles. The molecule has 2 rings (SSSR count). The number of hydrogen-bond donors (Lipinski definition) is 1. The summed E-state index contributed by atoms with van der Waals surface area (Å²) in [6, 6.07) is 3.81. The molecular formula is C14H14BrClF3NO. The van der Waals surface area contributed by atoms with E-state index in [1.54, 1.807) is 6.07 Å². The highest BCUT2D eigenvalue weighted by Gasteiger charge is 2.46. The SMILES string of the molecule is O=C(N[C@@H]1CCCC[C@@H]1C(F)(F)F)c1cc(Br)ccc1Cl. The Morgan fingerprint density at radius 3 is 2.62 bits per heavy atom. The van der Waals surface area contributed by atoms with E-state index in [2.05, 4.69) is 21.2 Å². The maximum atomic E-state index is 13.0. The fourth-order valence-electron chi connectivity index (χ4n) is 2.61. The van der Waals surface area contributed by atoms with Crippen molar-refractivity contribution in [2.75, 3.05) is 0 Å². The summed E-state index contributed by atoms with van der Waals surface area (Å²) in [4.78, 5) is 12.2. The molecule has 1 fully saturated rings. The van der Waals surface area contributed by atoms with Gasteiger partial charge in [-0.1, -0.05) is 40.4 Å². The Kier molecular flexibility index (Phi) is 5.20. The van der Waals surface area contributed by atoms with Crippen molar-refractivity contribution in [1.29, 1.82) is 0 Å². The molecular weight excluding hydrogens is 371 g/mol. The zero-order valence-electron chi connectivity index (χ0n) is 11.0. The van der Waals surface area contributed by atoms with Crippen LogP contribution in [-0.4, -0.2) is 18.1 Å². The van der Waals surface area contributed by atoms with Gasteiger partial charge in [0, 0.05) is 10.5 Å². The summed E-state index contributed by atoms with van der Waals surface area (Å²) in [5.74, 6) is -2.05. The summed E-state index contributed by atoms with van der Waals surface area (Å²) in [5, 5.41) is 2.71. The Balaban J connectivity index is 2.15. The summed E-state index contributed by atoms with van der Waals surface area (Å²) >= 11 is 9.15. The molecule has 2 nitrogen and oxygen atoms in total. The van der Waals surface area contributed by atoms with Crippen LogP contribution in [0.15, 0.2) is 22.7 Å². The lowest BCUT2D eigenvalue weighted by Crippen LogP contribution is -2.47. The number of nitrogens with one attached hydrogen (secondary N) is 1. The Hall–Kier alpha value is -0.750. The van der Waals surface area contributed by atoms with Crippen molar-refractivity contribution in [2.24, 2.45) is 5.92 Å². The number of hydrogen-bond acceptors (Lipinski definition) is 1. The lowest BCUT2D eigenvalue weighted by atomic mass is 9.84. The third kappa shape index (κ3) is 4.13. The van der Waals surface area contributed by atoms with E-state index in [9.17, 15) is 18.0 Å². The highest BCUT2D eigenvalue weighted by atomic mass is 79.9. The Labute approximate surface area is 134 Å². The fraction of sp³-hybridized carbons (Fsp3) is 0.500. The van der Waals surface area contributed by atoms with Crippen molar-refractivity contribution in [2.45, 2.75) is 37.9 Å². The van der Waals surface area contributed by atoms with Gasteiger partial charge in [-0.2, -0.15) is 13.2 Å². The molecule has 1 aliphatic carbocycles. The maximum Gasteiger partial charge on any atom is 0.393 e. The molecule has 1 aromatic rings. The van der Waals surface area contributed by atoms with E-state index in [0.29, 0.717) is 23.7 Å². The fourth-order valence-corrected chi connectivity index (χ4v) is 3.18. The van der Waals surface area contributed by atoms with Crippen LogP contribution < -0.4 is 5.32 Å². The largest absolute Gasteiger partial charge is 0.393 e. The molecule has 1 aromatic carbocycles. The monoisotopic (exact) mass is 383 g/mol. The lowest BCUT2D eigenvalue weighted by Gasteiger charge is -2.33. The zero-order chi connectivity index (χ0) is 15.6. The Morgan fingerprint density at radius 1 is 1.29 bits per heavy atom.